The van der Waals surface area contributed by atoms with Gasteiger partial charge in [0.1, 0.15) is 0 Å². The molecule has 0 aromatic carbocycles. The number of hydrogen-bond acceptors (Lipinski definition) is 5. The molecule has 0 fully saturated rings. The van der Waals surface area contributed by atoms with Gasteiger partial charge in [-0.3, -0.25) is 9.59 Å². The molecule has 2 atom stereocenters. The van der Waals surface area contributed by atoms with Crippen molar-refractivity contribution in [3.05, 3.63) is 0 Å². The Morgan fingerprint density at radius 2 is 1.45 bits per heavy atom. The summed E-state index contributed by atoms with van der Waals surface area (Å²) in [5.74, 6) is 0.535. The van der Waals surface area contributed by atoms with E-state index < -0.39 is 12.1 Å². The fourth-order valence-electron chi connectivity index (χ4n) is 2.94. The first-order valence-corrected chi connectivity index (χ1v) is 12.4. The van der Waals surface area contributed by atoms with Crippen LogP contribution in [-0.2, 0) is 14.3 Å². The second-order valence-electron chi connectivity index (χ2n) is 10.2. The van der Waals surface area contributed by atoms with Gasteiger partial charge in [0.2, 0.25) is 5.91 Å². The normalized spacial score (nSPS) is 13.2. The minimum atomic E-state index is -0.591. The number of rotatable bonds is 15. The molecule has 0 aliphatic carbocycles. The minimum Gasteiger partial charge on any atom is -0.379 e. The number of primary amides is 1. The van der Waals surface area contributed by atoms with Gasteiger partial charge in [-0.2, -0.15) is 0 Å². The molecule has 8 heteroatoms. The van der Waals surface area contributed by atoms with Crippen molar-refractivity contribution in [3.8, 4) is 0 Å². The summed E-state index contributed by atoms with van der Waals surface area (Å²) >= 11 is 0. The number of Topliss-reactive ketones (excluding diaryl/α,β-unsaturated/α-hetero) is 1. The van der Waals surface area contributed by atoms with E-state index >= 15 is 0 Å². The van der Waals surface area contributed by atoms with Crippen LogP contribution in [0, 0.1) is 17.8 Å². The highest BCUT2D eigenvalue weighted by Crippen LogP contribution is 2.09. The Labute approximate surface area is 202 Å². The number of carbonyl (C=O) groups excluding carboxylic acids is 3. The molecule has 0 aliphatic rings. The quantitative estimate of drug-likeness (QED) is 0.271. The molecule has 5 N–H and O–H groups in total. The van der Waals surface area contributed by atoms with Gasteiger partial charge >= 0.3 is 6.03 Å². The predicted molar refractivity (Wildman–Crippen MR) is 136 cm³/mol. The second-order valence-corrected chi connectivity index (χ2v) is 10.2. The first kappa shape index (κ1) is 33.5. The lowest BCUT2D eigenvalue weighted by Gasteiger charge is -2.27. The zero-order valence-electron chi connectivity index (χ0n) is 22.8. The van der Waals surface area contributed by atoms with Gasteiger partial charge in [-0.15, -0.1) is 0 Å². The Morgan fingerprint density at radius 3 is 1.85 bits per heavy atom. The maximum absolute atomic E-state index is 12.6. The first-order chi connectivity index (χ1) is 15.2. The van der Waals surface area contributed by atoms with E-state index in [0.717, 1.165) is 12.5 Å². The molecule has 196 valence electrons. The van der Waals surface area contributed by atoms with Crippen molar-refractivity contribution in [3.63, 3.8) is 0 Å². The molecule has 0 saturated carbocycles. The van der Waals surface area contributed by atoms with Crippen LogP contribution in [0.2, 0.25) is 0 Å². The molecule has 0 aromatic heterocycles. The Bertz CT molecular complexity index is 541. The second kappa shape index (κ2) is 18.7. The molecule has 0 unspecified atom stereocenters. The van der Waals surface area contributed by atoms with Crippen LogP contribution in [0.15, 0.2) is 0 Å². The fourth-order valence-corrected chi connectivity index (χ4v) is 2.94. The first-order valence-electron chi connectivity index (χ1n) is 12.4. The van der Waals surface area contributed by atoms with Crippen molar-refractivity contribution in [1.29, 1.82) is 0 Å². The summed E-state index contributed by atoms with van der Waals surface area (Å²) < 4.78 is 5.35. The molecule has 0 spiro atoms. The van der Waals surface area contributed by atoms with Gasteiger partial charge in [0, 0.05) is 25.1 Å². The van der Waals surface area contributed by atoms with E-state index in [0.29, 0.717) is 25.5 Å². The molecular formula is C25H52N4O4. The van der Waals surface area contributed by atoms with Gasteiger partial charge in [0.15, 0.2) is 5.78 Å². The SMILES string of the molecule is CC(C)CCOC(C)C.CC(C)N[C@H](C(=O)N[C@@H](CCCNC(N)=O)C(=O)C(C)C)C(C)C. The highest BCUT2D eigenvalue weighted by molar-refractivity contribution is 5.91. The van der Waals surface area contributed by atoms with Gasteiger partial charge in [0.25, 0.3) is 0 Å². The zero-order valence-corrected chi connectivity index (χ0v) is 22.8. The van der Waals surface area contributed by atoms with Gasteiger partial charge in [-0.1, -0.05) is 55.4 Å². The van der Waals surface area contributed by atoms with Crippen molar-refractivity contribution >= 4 is 17.7 Å². The number of carbonyl (C=O) groups is 3. The van der Waals surface area contributed by atoms with E-state index in [9.17, 15) is 14.4 Å². The summed E-state index contributed by atoms with van der Waals surface area (Å²) in [6.07, 6.45) is 2.60. The Balaban J connectivity index is 0. The van der Waals surface area contributed by atoms with Crippen LogP contribution in [0.5, 0.6) is 0 Å². The summed E-state index contributed by atoms with van der Waals surface area (Å²) in [4.78, 5) is 35.7. The van der Waals surface area contributed by atoms with E-state index in [1.54, 1.807) is 0 Å². The maximum Gasteiger partial charge on any atom is 0.312 e. The molecule has 0 saturated heterocycles. The Morgan fingerprint density at radius 1 is 0.879 bits per heavy atom. The number of nitrogens with two attached hydrogens (primary N) is 1. The number of nitrogens with one attached hydrogen (secondary N) is 3. The van der Waals surface area contributed by atoms with Crippen molar-refractivity contribution < 1.29 is 19.1 Å². The molecular weight excluding hydrogens is 420 g/mol. The molecule has 3 amide bonds. The van der Waals surface area contributed by atoms with Crippen LogP contribution in [0.25, 0.3) is 0 Å². The highest BCUT2D eigenvalue weighted by atomic mass is 16.5. The Kier molecular flexibility index (Phi) is 19.0. The largest absolute Gasteiger partial charge is 0.379 e. The van der Waals surface area contributed by atoms with Crippen LogP contribution in [0.1, 0.15) is 88.5 Å². The van der Waals surface area contributed by atoms with Gasteiger partial charge in [0.05, 0.1) is 18.2 Å². The monoisotopic (exact) mass is 472 g/mol. The van der Waals surface area contributed by atoms with Gasteiger partial charge in [-0.05, 0) is 44.9 Å². The number of ketones is 1. The number of amides is 3. The van der Waals surface area contributed by atoms with Gasteiger partial charge < -0.3 is 26.4 Å². The summed E-state index contributed by atoms with van der Waals surface area (Å²) in [5, 5.41) is 8.61. The van der Waals surface area contributed by atoms with E-state index in [-0.39, 0.29) is 35.6 Å². The third-order valence-corrected chi connectivity index (χ3v) is 4.81. The van der Waals surface area contributed by atoms with Crippen LogP contribution < -0.4 is 21.7 Å². The standard InChI is InChI=1S/C17H34N4O3.C8H18O/c1-10(2)14(20-12(5)6)16(23)21-13(15(22)11(3)4)8-7-9-19-17(18)24;1-7(2)5-6-9-8(3)4/h10-14,20H,7-9H2,1-6H3,(H,21,23)(H3,18,19,24);7-8H,5-6H2,1-4H3/t13-,14-;/m0./s1. The highest BCUT2D eigenvalue weighted by Gasteiger charge is 2.28. The Hall–Kier alpha value is -1.67. The summed E-state index contributed by atoms with van der Waals surface area (Å²) in [6, 6.07) is -1.33. The average Bonchev–Trinajstić information content (AvgIpc) is 2.66. The molecule has 0 aromatic rings. The van der Waals surface area contributed by atoms with E-state index in [2.05, 4.69) is 43.6 Å². The minimum absolute atomic E-state index is 0.00511. The van der Waals surface area contributed by atoms with E-state index in [1.807, 2.05) is 41.5 Å². The predicted octanol–water partition coefficient (Wildman–Crippen LogP) is 3.62. The van der Waals surface area contributed by atoms with Gasteiger partial charge in [-0.25, -0.2) is 4.79 Å². The lowest BCUT2D eigenvalue weighted by atomic mass is 9.96. The topological polar surface area (TPSA) is 123 Å². The molecule has 0 radical (unpaired) electrons. The molecule has 8 nitrogen and oxygen atoms in total. The lowest BCUT2D eigenvalue weighted by Crippen LogP contribution is -2.54. The lowest BCUT2D eigenvalue weighted by molar-refractivity contribution is -0.131. The number of ether oxygens (including phenoxy) is 1. The number of urea groups is 1. The maximum atomic E-state index is 12.6. The molecule has 0 rings (SSSR count). The third kappa shape index (κ3) is 19.5. The molecule has 0 aliphatic heterocycles. The van der Waals surface area contributed by atoms with Crippen molar-refractivity contribution in [2.24, 2.45) is 23.5 Å². The average molecular weight is 473 g/mol. The smallest absolute Gasteiger partial charge is 0.312 e. The van der Waals surface area contributed by atoms with Crippen LogP contribution >= 0.6 is 0 Å². The van der Waals surface area contributed by atoms with E-state index in [4.69, 9.17) is 10.5 Å². The van der Waals surface area contributed by atoms with E-state index in [1.165, 1.54) is 6.42 Å². The zero-order chi connectivity index (χ0) is 26.1. The number of hydrogen-bond donors (Lipinski definition) is 4. The van der Waals surface area contributed by atoms with Crippen molar-refractivity contribution in [2.45, 2.75) is 113 Å². The summed E-state index contributed by atoms with van der Waals surface area (Å²) in [5.41, 5.74) is 5.02. The van der Waals surface area contributed by atoms with Crippen LogP contribution in [0.3, 0.4) is 0 Å². The van der Waals surface area contributed by atoms with Crippen molar-refractivity contribution in [2.75, 3.05) is 13.2 Å². The summed E-state index contributed by atoms with van der Waals surface area (Å²) in [7, 11) is 0. The summed E-state index contributed by atoms with van der Waals surface area (Å²) in [6.45, 7) is 21.4. The van der Waals surface area contributed by atoms with Crippen LogP contribution in [0.4, 0.5) is 4.79 Å². The molecule has 0 heterocycles. The fraction of sp³-hybridized carbons (Fsp3) is 0.880. The van der Waals surface area contributed by atoms with Crippen molar-refractivity contribution in [1.82, 2.24) is 16.0 Å². The third-order valence-electron chi connectivity index (χ3n) is 4.81. The molecule has 0 bridgehead atoms. The molecule has 33 heavy (non-hydrogen) atoms. The van der Waals surface area contributed by atoms with Crippen LogP contribution in [-0.4, -0.2) is 55.1 Å².